The van der Waals surface area contributed by atoms with Gasteiger partial charge < -0.3 is 14.7 Å². The normalized spacial score (nSPS) is 18.8. The summed E-state index contributed by atoms with van der Waals surface area (Å²) < 4.78 is 5.47. The quantitative estimate of drug-likeness (QED) is 0.781. The summed E-state index contributed by atoms with van der Waals surface area (Å²) in [7, 11) is 0. The van der Waals surface area contributed by atoms with Crippen molar-refractivity contribution in [3.8, 4) is 0 Å². The van der Waals surface area contributed by atoms with Crippen molar-refractivity contribution in [3.05, 3.63) is 29.1 Å². The molecular formula is C23H34N2O4. The van der Waals surface area contributed by atoms with Gasteiger partial charge in [-0.2, -0.15) is 0 Å². The van der Waals surface area contributed by atoms with Crippen molar-refractivity contribution in [2.75, 3.05) is 13.1 Å². The number of aliphatic carboxylic acids is 1. The summed E-state index contributed by atoms with van der Waals surface area (Å²) in [6.45, 7) is 6.96. The molecule has 0 aromatic carbocycles. The number of piperidine rings is 1. The molecule has 2 heterocycles. The standard InChI is InChI=1S/C23H34N2O4/c1-23(2,3)29-22(28)25-10-8-16(9-11-25)12-18(14-21(26)27)19-13-17-6-4-5-7-20(17)24-15-19/h13,15-16,18H,4-12,14H2,1-3H3,(H,26,27)/t18-/m0/s1. The Labute approximate surface area is 173 Å². The molecule has 1 atom stereocenters. The number of carboxylic acids is 1. The lowest BCUT2D eigenvalue weighted by atomic mass is 9.81. The summed E-state index contributed by atoms with van der Waals surface area (Å²) in [5, 5.41) is 9.45. The molecule has 1 amide bonds. The molecule has 1 aromatic rings. The predicted molar refractivity (Wildman–Crippen MR) is 111 cm³/mol. The van der Waals surface area contributed by atoms with Gasteiger partial charge >= 0.3 is 12.1 Å². The molecule has 3 rings (SSSR count). The number of rotatable bonds is 5. The van der Waals surface area contributed by atoms with Crippen molar-refractivity contribution in [2.45, 2.75) is 83.7 Å². The van der Waals surface area contributed by atoms with Crippen LogP contribution in [-0.2, 0) is 22.4 Å². The van der Waals surface area contributed by atoms with Crippen LogP contribution >= 0.6 is 0 Å². The Balaban J connectivity index is 1.62. The maximum Gasteiger partial charge on any atom is 0.410 e. The number of fused-ring (bicyclic) bond motifs is 1. The average Bonchev–Trinajstić information content (AvgIpc) is 2.66. The highest BCUT2D eigenvalue weighted by Crippen LogP contribution is 2.34. The second kappa shape index (κ2) is 9.14. The molecule has 1 aliphatic carbocycles. The van der Waals surface area contributed by atoms with Gasteiger partial charge in [0.05, 0.1) is 6.42 Å². The van der Waals surface area contributed by atoms with Crippen molar-refractivity contribution in [1.82, 2.24) is 9.88 Å². The highest BCUT2D eigenvalue weighted by molar-refractivity contribution is 5.68. The van der Waals surface area contributed by atoms with Crippen LogP contribution in [0.1, 0.15) is 82.0 Å². The number of aromatic nitrogens is 1. The number of carbonyl (C=O) groups excluding carboxylic acids is 1. The minimum atomic E-state index is -0.765. The van der Waals surface area contributed by atoms with Crippen molar-refractivity contribution in [1.29, 1.82) is 0 Å². The summed E-state index contributed by atoms with van der Waals surface area (Å²) in [5.41, 5.74) is 3.05. The van der Waals surface area contributed by atoms with Gasteiger partial charge in [0.15, 0.2) is 0 Å². The van der Waals surface area contributed by atoms with E-state index in [9.17, 15) is 14.7 Å². The number of likely N-dealkylation sites (tertiary alicyclic amines) is 1. The SMILES string of the molecule is CC(C)(C)OC(=O)N1CCC(C[C@@H](CC(=O)O)c2cnc3c(c2)CCCC3)CC1. The van der Waals surface area contributed by atoms with Crippen molar-refractivity contribution < 1.29 is 19.4 Å². The van der Waals surface area contributed by atoms with E-state index in [0.717, 1.165) is 37.7 Å². The van der Waals surface area contributed by atoms with Gasteiger partial charge in [-0.05, 0) is 88.7 Å². The van der Waals surface area contributed by atoms with Crippen molar-refractivity contribution in [2.24, 2.45) is 5.92 Å². The van der Waals surface area contributed by atoms with Crippen LogP contribution in [-0.4, -0.2) is 45.7 Å². The number of ether oxygens (including phenoxy) is 1. The monoisotopic (exact) mass is 402 g/mol. The van der Waals surface area contributed by atoms with Crippen LogP contribution < -0.4 is 0 Å². The van der Waals surface area contributed by atoms with Crippen LogP contribution in [0.3, 0.4) is 0 Å². The number of hydrogen-bond donors (Lipinski definition) is 1. The second-order valence-electron chi connectivity index (χ2n) is 9.52. The van der Waals surface area contributed by atoms with Crippen LogP contribution in [0.2, 0.25) is 0 Å². The number of carbonyl (C=O) groups is 2. The third kappa shape index (κ3) is 6.18. The second-order valence-corrected chi connectivity index (χ2v) is 9.52. The first-order valence-electron chi connectivity index (χ1n) is 10.9. The Bertz CT molecular complexity index is 733. The van der Waals surface area contributed by atoms with E-state index < -0.39 is 11.6 Å². The average molecular weight is 403 g/mol. The number of amides is 1. The first-order valence-corrected chi connectivity index (χ1v) is 10.9. The zero-order valence-corrected chi connectivity index (χ0v) is 17.9. The van der Waals surface area contributed by atoms with E-state index >= 15 is 0 Å². The lowest BCUT2D eigenvalue weighted by molar-refractivity contribution is -0.137. The molecule has 0 unspecified atom stereocenters. The Hall–Kier alpha value is -2.11. The molecule has 160 valence electrons. The van der Waals surface area contributed by atoms with E-state index in [-0.39, 0.29) is 18.4 Å². The molecule has 0 bridgehead atoms. The molecule has 6 nitrogen and oxygen atoms in total. The van der Waals surface area contributed by atoms with E-state index in [2.05, 4.69) is 11.1 Å². The molecule has 1 N–H and O–H groups in total. The molecule has 1 fully saturated rings. The fourth-order valence-electron chi connectivity index (χ4n) is 4.46. The molecule has 0 radical (unpaired) electrons. The highest BCUT2D eigenvalue weighted by atomic mass is 16.6. The molecule has 1 aromatic heterocycles. The van der Waals surface area contributed by atoms with Gasteiger partial charge in [-0.25, -0.2) is 4.79 Å². The Kier molecular flexibility index (Phi) is 6.81. The van der Waals surface area contributed by atoms with E-state index in [1.54, 1.807) is 4.90 Å². The van der Waals surface area contributed by atoms with Crippen LogP contribution in [0.25, 0.3) is 0 Å². The number of carboxylic acid groups (broad SMARTS) is 1. The zero-order chi connectivity index (χ0) is 21.0. The predicted octanol–water partition coefficient (Wildman–Crippen LogP) is 4.56. The Morgan fingerprint density at radius 1 is 1.24 bits per heavy atom. The van der Waals surface area contributed by atoms with E-state index in [0.29, 0.717) is 19.0 Å². The van der Waals surface area contributed by atoms with Crippen LogP contribution in [0.5, 0.6) is 0 Å². The molecule has 6 heteroatoms. The first-order chi connectivity index (χ1) is 13.7. The van der Waals surface area contributed by atoms with Crippen molar-refractivity contribution in [3.63, 3.8) is 0 Å². The minimum absolute atomic E-state index is 0.0229. The van der Waals surface area contributed by atoms with Gasteiger partial charge in [-0.3, -0.25) is 9.78 Å². The van der Waals surface area contributed by atoms with E-state index in [1.807, 2.05) is 27.0 Å². The lowest BCUT2D eigenvalue weighted by Gasteiger charge is -2.34. The smallest absolute Gasteiger partial charge is 0.410 e. The molecule has 0 saturated carbocycles. The van der Waals surface area contributed by atoms with Gasteiger partial charge in [0.1, 0.15) is 5.60 Å². The number of aryl methyl sites for hydroxylation is 2. The third-order valence-electron chi connectivity index (χ3n) is 5.97. The number of nitrogens with zero attached hydrogens (tertiary/aromatic N) is 2. The molecule has 29 heavy (non-hydrogen) atoms. The molecule has 1 aliphatic heterocycles. The number of pyridine rings is 1. The van der Waals surface area contributed by atoms with Crippen LogP contribution in [0, 0.1) is 5.92 Å². The molecule has 1 saturated heterocycles. The largest absolute Gasteiger partial charge is 0.481 e. The third-order valence-corrected chi connectivity index (χ3v) is 5.97. The van der Waals surface area contributed by atoms with Gasteiger partial charge in [-0.15, -0.1) is 0 Å². The van der Waals surface area contributed by atoms with Crippen LogP contribution in [0.4, 0.5) is 4.79 Å². The fraction of sp³-hybridized carbons (Fsp3) is 0.696. The van der Waals surface area contributed by atoms with Gasteiger partial charge in [0, 0.05) is 25.0 Å². The summed E-state index contributed by atoms with van der Waals surface area (Å²) in [5.74, 6) is -0.377. The molecule has 0 spiro atoms. The zero-order valence-electron chi connectivity index (χ0n) is 17.9. The summed E-state index contributed by atoms with van der Waals surface area (Å²) in [4.78, 5) is 30.2. The van der Waals surface area contributed by atoms with Gasteiger partial charge in [0.25, 0.3) is 0 Å². The first kappa shape index (κ1) is 21.6. The fourth-order valence-corrected chi connectivity index (χ4v) is 4.46. The van der Waals surface area contributed by atoms with Crippen LogP contribution in [0.15, 0.2) is 12.3 Å². The molecular weight excluding hydrogens is 368 g/mol. The van der Waals surface area contributed by atoms with E-state index in [4.69, 9.17) is 4.74 Å². The van der Waals surface area contributed by atoms with Crippen molar-refractivity contribution >= 4 is 12.1 Å². The highest BCUT2D eigenvalue weighted by Gasteiger charge is 2.29. The number of hydrogen-bond acceptors (Lipinski definition) is 4. The van der Waals surface area contributed by atoms with Gasteiger partial charge in [0.2, 0.25) is 0 Å². The van der Waals surface area contributed by atoms with E-state index in [1.165, 1.54) is 24.1 Å². The Morgan fingerprint density at radius 2 is 1.93 bits per heavy atom. The maximum absolute atomic E-state index is 12.3. The summed E-state index contributed by atoms with van der Waals surface area (Å²) in [6.07, 6.45) is 8.82. The minimum Gasteiger partial charge on any atom is -0.481 e. The topological polar surface area (TPSA) is 79.7 Å². The Morgan fingerprint density at radius 3 is 2.59 bits per heavy atom. The summed E-state index contributed by atoms with van der Waals surface area (Å²) in [6, 6.07) is 2.20. The molecule has 2 aliphatic rings. The maximum atomic E-state index is 12.3. The summed E-state index contributed by atoms with van der Waals surface area (Å²) >= 11 is 0. The van der Waals surface area contributed by atoms with Gasteiger partial charge in [-0.1, -0.05) is 6.07 Å². The lowest BCUT2D eigenvalue weighted by Crippen LogP contribution is -2.41.